The molecule has 0 saturated heterocycles. The Hall–Kier alpha value is -3.81. The number of halogens is 3. The van der Waals surface area contributed by atoms with Crippen LogP contribution in [0.1, 0.15) is 45.8 Å². The van der Waals surface area contributed by atoms with Gasteiger partial charge < -0.3 is 4.74 Å². The molecule has 1 fully saturated rings. The Labute approximate surface area is 199 Å². The molecule has 4 aromatic rings. The lowest BCUT2D eigenvalue weighted by atomic mass is 9.96. The van der Waals surface area contributed by atoms with E-state index in [1.165, 1.54) is 11.7 Å². The van der Waals surface area contributed by atoms with Gasteiger partial charge in [0.05, 0.1) is 29.4 Å². The van der Waals surface area contributed by atoms with Crippen LogP contribution in [0.15, 0.2) is 71.5 Å². The molecule has 0 unspecified atom stereocenters. The number of aromatic nitrogens is 2. The van der Waals surface area contributed by atoms with Gasteiger partial charge in [-0.1, -0.05) is 36.4 Å². The third-order valence-corrected chi connectivity index (χ3v) is 6.33. The van der Waals surface area contributed by atoms with Gasteiger partial charge in [0.1, 0.15) is 6.54 Å². The van der Waals surface area contributed by atoms with E-state index in [1.807, 2.05) is 18.2 Å². The van der Waals surface area contributed by atoms with Gasteiger partial charge in [-0.25, -0.2) is 9.59 Å². The number of alkyl halides is 3. The van der Waals surface area contributed by atoms with E-state index in [0.29, 0.717) is 40.2 Å². The van der Waals surface area contributed by atoms with Crippen molar-refractivity contribution in [2.75, 3.05) is 7.11 Å². The molecule has 8 heteroatoms. The molecular formula is C27H23F3N2O3. The van der Waals surface area contributed by atoms with Crippen molar-refractivity contribution in [1.82, 2.24) is 9.13 Å². The van der Waals surface area contributed by atoms with Crippen molar-refractivity contribution in [2.45, 2.75) is 37.9 Å². The van der Waals surface area contributed by atoms with E-state index < -0.39 is 24.4 Å². The topological polar surface area (TPSA) is 53.2 Å². The molecular weight excluding hydrogens is 457 g/mol. The predicted molar refractivity (Wildman–Crippen MR) is 126 cm³/mol. The molecule has 1 aromatic heterocycles. The van der Waals surface area contributed by atoms with Crippen molar-refractivity contribution in [2.24, 2.45) is 0 Å². The first-order chi connectivity index (χ1) is 16.7. The average Bonchev–Trinajstić information content (AvgIpc) is 3.65. The average molecular weight is 480 g/mol. The molecule has 1 aliphatic carbocycles. The number of imidazole rings is 1. The van der Waals surface area contributed by atoms with E-state index in [0.717, 1.165) is 23.0 Å². The number of para-hydroxylation sites is 1. The van der Waals surface area contributed by atoms with E-state index in [9.17, 15) is 22.8 Å². The zero-order chi connectivity index (χ0) is 24.7. The van der Waals surface area contributed by atoms with Crippen LogP contribution in [0.4, 0.5) is 13.2 Å². The number of hydrogen-bond donors (Lipinski definition) is 0. The predicted octanol–water partition coefficient (Wildman–Crippen LogP) is 5.61. The van der Waals surface area contributed by atoms with Gasteiger partial charge in [0, 0.05) is 0 Å². The summed E-state index contributed by atoms with van der Waals surface area (Å²) in [4.78, 5) is 25.5. The normalized spacial score (nSPS) is 13.8. The maximum atomic E-state index is 13.4. The van der Waals surface area contributed by atoms with E-state index in [-0.39, 0.29) is 5.52 Å². The lowest BCUT2D eigenvalue weighted by Gasteiger charge is -2.11. The largest absolute Gasteiger partial charge is 0.465 e. The monoisotopic (exact) mass is 480 g/mol. The summed E-state index contributed by atoms with van der Waals surface area (Å²) >= 11 is 0. The van der Waals surface area contributed by atoms with Crippen LogP contribution in [0.2, 0.25) is 0 Å². The van der Waals surface area contributed by atoms with Crippen molar-refractivity contribution < 1.29 is 22.7 Å². The van der Waals surface area contributed by atoms with Gasteiger partial charge >= 0.3 is 17.8 Å². The lowest BCUT2D eigenvalue weighted by Crippen LogP contribution is -2.29. The Balaban J connectivity index is 1.61. The molecule has 1 aliphatic rings. The molecule has 5 rings (SSSR count). The van der Waals surface area contributed by atoms with Gasteiger partial charge in [0.15, 0.2) is 0 Å². The van der Waals surface area contributed by atoms with Crippen LogP contribution >= 0.6 is 0 Å². The molecule has 0 atom stereocenters. The number of ether oxygens (including phenoxy) is 1. The highest BCUT2D eigenvalue weighted by atomic mass is 19.4. The first-order valence-corrected chi connectivity index (χ1v) is 11.3. The molecule has 0 bridgehead atoms. The first-order valence-electron chi connectivity index (χ1n) is 11.3. The Morgan fingerprint density at radius 3 is 2.40 bits per heavy atom. The van der Waals surface area contributed by atoms with Crippen LogP contribution in [-0.4, -0.2) is 28.4 Å². The van der Waals surface area contributed by atoms with Gasteiger partial charge in [-0.15, -0.1) is 0 Å². The molecule has 3 aromatic carbocycles. The first kappa shape index (κ1) is 23.0. The van der Waals surface area contributed by atoms with E-state index in [4.69, 9.17) is 4.74 Å². The second-order valence-corrected chi connectivity index (χ2v) is 8.84. The van der Waals surface area contributed by atoms with Crippen LogP contribution in [0, 0.1) is 0 Å². The van der Waals surface area contributed by atoms with Crippen molar-refractivity contribution in [3.8, 4) is 5.69 Å². The van der Waals surface area contributed by atoms with Crippen LogP contribution in [0.3, 0.4) is 0 Å². The van der Waals surface area contributed by atoms with Crippen LogP contribution in [0.25, 0.3) is 16.7 Å². The molecule has 1 saturated carbocycles. The molecule has 0 radical (unpaired) electrons. The number of hydrogen-bond acceptors (Lipinski definition) is 3. The number of benzene rings is 3. The summed E-state index contributed by atoms with van der Waals surface area (Å²) in [6.07, 6.45) is -2.08. The summed E-state index contributed by atoms with van der Waals surface area (Å²) in [6.45, 7) is -1.39. The maximum absolute atomic E-state index is 13.4. The Morgan fingerprint density at radius 2 is 1.74 bits per heavy atom. The summed E-state index contributed by atoms with van der Waals surface area (Å²) in [5, 5.41) is 0. The number of methoxy groups -OCH3 is 1. The number of nitrogens with zero attached hydrogens (tertiary/aromatic N) is 2. The zero-order valence-corrected chi connectivity index (χ0v) is 19.0. The second kappa shape index (κ2) is 8.76. The van der Waals surface area contributed by atoms with Gasteiger partial charge in [-0.3, -0.25) is 9.13 Å². The summed E-state index contributed by atoms with van der Waals surface area (Å²) in [6, 6.07) is 19.3. The van der Waals surface area contributed by atoms with Crippen LogP contribution in [0.5, 0.6) is 0 Å². The number of carbonyl (C=O) groups excluding carboxylic acids is 1. The highest BCUT2D eigenvalue weighted by molar-refractivity contribution is 5.91. The molecule has 5 nitrogen and oxygen atoms in total. The quantitative estimate of drug-likeness (QED) is 0.337. The zero-order valence-electron chi connectivity index (χ0n) is 19.0. The standard InChI is InChI=1S/C27H23F3N2O3/c1-35-25(33)22-15-19(18-8-9-18)10-11-20(22)13-17-7-12-23-24(14-17)31(16-27(28,29)30)26(34)32(23)21-5-3-2-4-6-21/h2-7,10-12,14-15,18H,8-9,13,16H2,1H3. The number of esters is 1. The summed E-state index contributed by atoms with van der Waals surface area (Å²) < 4.78 is 47.1. The maximum Gasteiger partial charge on any atom is 0.406 e. The SMILES string of the molecule is COC(=O)c1cc(C2CC2)ccc1Cc1ccc2c(c1)n(CC(F)(F)F)c(=O)n2-c1ccccc1. The Morgan fingerprint density at radius 1 is 1.00 bits per heavy atom. The van der Waals surface area contributed by atoms with Crippen LogP contribution < -0.4 is 5.69 Å². The second-order valence-electron chi connectivity index (χ2n) is 8.84. The molecule has 35 heavy (non-hydrogen) atoms. The van der Waals surface area contributed by atoms with Gasteiger partial charge in [-0.05, 0) is 72.2 Å². The Bertz CT molecular complexity index is 1470. The summed E-state index contributed by atoms with van der Waals surface area (Å²) in [5.74, 6) is 0.00569. The summed E-state index contributed by atoms with van der Waals surface area (Å²) in [5.41, 5.74) is 3.23. The fourth-order valence-electron chi connectivity index (χ4n) is 4.51. The minimum absolute atomic E-state index is 0.183. The van der Waals surface area contributed by atoms with Crippen molar-refractivity contribution in [3.63, 3.8) is 0 Å². The molecule has 1 heterocycles. The third-order valence-electron chi connectivity index (χ3n) is 6.33. The smallest absolute Gasteiger partial charge is 0.406 e. The number of carbonyl (C=O) groups is 1. The molecule has 0 aliphatic heterocycles. The van der Waals surface area contributed by atoms with E-state index in [1.54, 1.807) is 48.5 Å². The van der Waals surface area contributed by atoms with E-state index in [2.05, 4.69) is 0 Å². The van der Waals surface area contributed by atoms with Crippen LogP contribution in [-0.2, 0) is 17.7 Å². The highest BCUT2D eigenvalue weighted by Gasteiger charge is 2.31. The number of rotatable bonds is 6. The Kier molecular flexibility index (Phi) is 5.75. The minimum Gasteiger partial charge on any atom is -0.465 e. The molecule has 180 valence electrons. The van der Waals surface area contributed by atoms with Crippen molar-refractivity contribution in [1.29, 1.82) is 0 Å². The lowest BCUT2D eigenvalue weighted by molar-refractivity contribution is -0.140. The molecule has 0 N–H and O–H groups in total. The third kappa shape index (κ3) is 4.60. The van der Waals surface area contributed by atoms with Gasteiger partial charge in [0.25, 0.3) is 0 Å². The number of fused-ring (bicyclic) bond motifs is 1. The highest BCUT2D eigenvalue weighted by Crippen LogP contribution is 2.40. The van der Waals surface area contributed by atoms with Crippen molar-refractivity contribution >= 4 is 17.0 Å². The van der Waals surface area contributed by atoms with E-state index >= 15 is 0 Å². The molecule has 0 spiro atoms. The fourth-order valence-corrected chi connectivity index (χ4v) is 4.51. The van der Waals surface area contributed by atoms with Gasteiger partial charge in [0.2, 0.25) is 0 Å². The van der Waals surface area contributed by atoms with Gasteiger partial charge in [-0.2, -0.15) is 13.2 Å². The minimum atomic E-state index is -4.56. The fraction of sp³-hybridized carbons (Fsp3) is 0.259. The summed E-state index contributed by atoms with van der Waals surface area (Å²) in [7, 11) is 1.32. The van der Waals surface area contributed by atoms with Crippen molar-refractivity contribution in [3.05, 3.63) is 99.5 Å². The molecule has 0 amide bonds.